The van der Waals surface area contributed by atoms with E-state index in [1.54, 1.807) is 19.1 Å². The van der Waals surface area contributed by atoms with Gasteiger partial charge in [0.05, 0.1) is 24.1 Å². The number of ether oxygens (including phenoxy) is 1. The Kier molecular flexibility index (Phi) is 6.50. The number of thioether (sulfide) groups is 1. The molecule has 200 valence electrons. The summed E-state index contributed by atoms with van der Waals surface area (Å²) in [6.45, 7) is 3.92. The first-order chi connectivity index (χ1) is 18.9. The molecule has 10 heteroatoms. The number of amides is 2. The van der Waals surface area contributed by atoms with E-state index in [4.69, 9.17) is 9.73 Å². The number of nitrogens with one attached hydrogen (secondary N) is 3. The summed E-state index contributed by atoms with van der Waals surface area (Å²) in [7, 11) is 0. The zero-order valence-electron chi connectivity index (χ0n) is 21.5. The molecule has 4 aliphatic rings. The highest BCUT2D eigenvalue weighted by Crippen LogP contribution is 2.53. The molecule has 2 amide bonds. The number of piperidine rings is 1. The summed E-state index contributed by atoms with van der Waals surface area (Å²) < 4.78 is 19.3. The van der Waals surface area contributed by atoms with Crippen LogP contribution in [0.5, 0.6) is 0 Å². The predicted octanol–water partition coefficient (Wildman–Crippen LogP) is 5.14. The van der Waals surface area contributed by atoms with Crippen LogP contribution in [-0.4, -0.2) is 35.4 Å². The summed E-state index contributed by atoms with van der Waals surface area (Å²) in [4.78, 5) is 30.4. The highest BCUT2D eigenvalue weighted by atomic mass is 32.2. The van der Waals surface area contributed by atoms with Crippen molar-refractivity contribution in [3.05, 3.63) is 83.2 Å². The van der Waals surface area contributed by atoms with Crippen molar-refractivity contribution in [3.63, 3.8) is 0 Å². The fraction of sp³-hybridized carbons (Fsp3) is 0.310. The van der Waals surface area contributed by atoms with Crippen LogP contribution in [-0.2, 0) is 9.53 Å². The van der Waals surface area contributed by atoms with Crippen LogP contribution in [0.25, 0.3) is 10.8 Å². The van der Waals surface area contributed by atoms with Crippen molar-refractivity contribution in [2.75, 3.05) is 12.4 Å². The molecule has 39 heavy (non-hydrogen) atoms. The number of hydrazone groups is 1. The number of fused-ring (bicyclic) bond motifs is 3. The van der Waals surface area contributed by atoms with E-state index in [1.165, 1.54) is 17.8 Å². The molecule has 0 spiro atoms. The maximum absolute atomic E-state index is 14.3. The van der Waals surface area contributed by atoms with E-state index in [9.17, 15) is 14.0 Å². The van der Waals surface area contributed by atoms with Gasteiger partial charge >= 0.3 is 6.09 Å². The lowest BCUT2D eigenvalue weighted by Gasteiger charge is -2.50. The quantitative estimate of drug-likeness (QED) is 0.394. The molecule has 0 saturated carbocycles. The van der Waals surface area contributed by atoms with Gasteiger partial charge in [0.15, 0.2) is 5.17 Å². The number of amidine groups is 2. The fourth-order valence-corrected chi connectivity index (χ4v) is 6.77. The van der Waals surface area contributed by atoms with Crippen molar-refractivity contribution >= 4 is 45.5 Å². The number of aliphatic imine (C=N–C) groups is 1. The number of carbonyl (C=O) groups excluding carboxylic acids is 2. The Morgan fingerprint density at radius 2 is 1.85 bits per heavy atom. The molecule has 1 fully saturated rings. The highest BCUT2D eigenvalue weighted by molar-refractivity contribution is 8.14. The number of hydrogen-bond acceptors (Lipinski definition) is 6. The van der Waals surface area contributed by atoms with Crippen LogP contribution in [0, 0.1) is 11.2 Å². The molecule has 4 unspecified atom stereocenters. The standard InChI is InChI=1S/C29H28FN5O3S/c1-3-38-28(37)35-34-25-21-14-29(2,24(32-25)20-11-7-5-9-17(20)21)26(36)33-27-31-23(15-39-27)19-12-13-22(30)18-10-6-4-8-16(18)19/h4-13,21,23-24H,3,14-15H2,1-2H3,(H,32,34)(H,35,37)(H,31,33,36). The number of carbonyl (C=O) groups is 2. The number of hydrogen-bond donors (Lipinski definition) is 3. The van der Waals surface area contributed by atoms with E-state index < -0.39 is 11.5 Å². The Morgan fingerprint density at radius 3 is 2.64 bits per heavy atom. The Bertz CT molecular complexity index is 1540. The average molecular weight is 546 g/mol. The van der Waals surface area contributed by atoms with Crippen molar-refractivity contribution < 1.29 is 18.7 Å². The molecular formula is C29H28FN5O3S. The van der Waals surface area contributed by atoms with E-state index in [0.29, 0.717) is 28.6 Å². The molecule has 2 bridgehead atoms. The van der Waals surface area contributed by atoms with Crippen LogP contribution < -0.4 is 16.1 Å². The van der Waals surface area contributed by atoms with Gasteiger partial charge in [-0.25, -0.2) is 14.6 Å². The van der Waals surface area contributed by atoms with Gasteiger partial charge in [0, 0.05) is 17.1 Å². The van der Waals surface area contributed by atoms with Gasteiger partial charge in [0.25, 0.3) is 0 Å². The molecule has 4 atom stereocenters. The van der Waals surface area contributed by atoms with E-state index in [-0.39, 0.29) is 36.3 Å². The molecule has 8 nitrogen and oxygen atoms in total. The Labute approximate surface area is 229 Å². The van der Waals surface area contributed by atoms with Crippen LogP contribution in [0.15, 0.2) is 70.8 Å². The van der Waals surface area contributed by atoms with Gasteiger partial charge in [-0.1, -0.05) is 66.4 Å². The third-order valence-electron chi connectivity index (χ3n) is 7.77. The number of halogens is 1. The first-order valence-corrected chi connectivity index (χ1v) is 13.9. The molecule has 3 aromatic carbocycles. The molecule has 0 radical (unpaired) electrons. The smallest absolute Gasteiger partial charge is 0.427 e. The van der Waals surface area contributed by atoms with Gasteiger partial charge in [-0.3, -0.25) is 9.79 Å². The Morgan fingerprint density at radius 1 is 1.10 bits per heavy atom. The highest BCUT2D eigenvalue weighted by Gasteiger charge is 2.54. The van der Waals surface area contributed by atoms with E-state index in [2.05, 4.69) is 21.2 Å². The van der Waals surface area contributed by atoms with E-state index in [1.807, 2.05) is 49.4 Å². The van der Waals surface area contributed by atoms with Crippen LogP contribution in [0.2, 0.25) is 0 Å². The van der Waals surface area contributed by atoms with Crippen LogP contribution in [0.1, 0.15) is 55.0 Å². The Balaban J connectivity index is 1.24. The second-order valence-corrected chi connectivity index (χ2v) is 11.1. The molecule has 0 aromatic heterocycles. The van der Waals surface area contributed by atoms with E-state index in [0.717, 1.165) is 22.1 Å². The van der Waals surface area contributed by atoms with Gasteiger partial charge in [0.1, 0.15) is 11.7 Å². The third-order valence-corrected chi connectivity index (χ3v) is 8.73. The summed E-state index contributed by atoms with van der Waals surface area (Å²) in [6, 6.07) is 18.1. The molecule has 3 heterocycles. The predicted molar refractivity (Wildman–Crippen MR) is 150 cm³/mol. The van der Waals surface area contributed by atoms with E-state index >= 15 is 0 Å². The topological polar surface area (TPSA) is 104 Å². The first kappa shape index (κ1) is 25.4. The summed E-state index contributed by atoms with van der Waals surface area (Å²) in [5.74, 6) is 0.678. The molecule has 1 aliphatic carbocycles. The van der Waals surface area contributed by atoms with Crippen molar-refractivity contribution in [1.29, 1.82) is 0 Å². The van der Waals surface area contributed by atoms with Crippen molar-refractivity contribution in [2.45, 2.75) is 38.3 Å². The normalized spacial score (nSPS) is 26.1. The number of nitrogens with zero attached hydrogens (tertiary/aromatic N) is 2. The maximum atomic E-state index is 14.3. The molecule has 1 saturated heterocycles. The zero-order valence-corrected chi connectivity index (χ0v) is 22.3. The maximum Gasteiger partial charge on any atom is 0.427 e. The minimum atomic E-state index is -0.786. The Hall–Kier alpha value is -3.92. The van der Waals surface area contributed by atoms with Gasteiger partial charge in [-0.15, -0.1) is 0 Å². The number of rotatable bonds is 4. The van der Waals surface area contributed by atoms with Crippen LogP contribution >= 0.6 is 11.8 Å². The minimum Gasteiger partial charge on any atom is -0.449 e. The SMILES string of the molecule is CCOC(=O)N/N=C1\NC2c3ccccc3C1CC2(C)C(=O)NC1=NC(c2ccc(F)c3ccccc23)CS1. The summed E-state index contributed by atoms with van der Waals surface area (Å²) in [6.07, 6.45) is -0.109. The van der Waals surface area contributed by atoms with Crippen molar-refractivity contribution in [2.24, 2.45) is 15.5 Å². The zero-order chi connectivity index (χ0) is 27.1. The minimum absolute atomic E-state index is 0.132. The number of benzene rings is 3. The van der Waals surface area contributed by atoms with Crippen LogP contribution in [0.4, 0.5) is 9.18 Å². The van der Waals surface area contributed by atoms with Crippen molar-refractivity contribution in [3.8, 4) is 0 Å². The second-order valence-electron chi connectivity index (χ2n) is 10.1. The summed E-state index contributed by atoms with van der Waals surface area (Å²) in [5.41, 5.74) is 4.72. The van der Waals surface area contributed by atoms with Gasteiger partial charge in [0.2, 0.25) is 5.91 Å². The van der Waals surface area contributed by atoms with Gasteiger partial charge < -0.3 is 15.4 Å². The molecule has 3 aromatic rings. The van der Waals surface area contributed by atoms with Crippen molar-refractivity contribution in [1.82, 2.24) is 16.1 Å². The average Bonchev–Trinajstić information content (AvgIpc) is 3.41. The van der Waals surface area contributed by atoms with Gasteiger partial charge in [-0.2, -0.15) is 5.10 Å². The monoisotopic (exact) mass is 545 g/mol. The van der Waals surface area contributed by atoms with Crippen LogP contribution in [0.3, 0.4) is 0 Å². The summed E-state index contributed by atoms with van der Waals surface area (Å²) >= 11 is 1.49. The largest absolute Gasteiger partial charge is 0.449 e. The first-order valence-electron chi connectivity index (χ1n) is 12.9. The lowest BCUT2D eigenvalue weighted by molar-refractivity contribution is -0.131. The third kappa shape index (κ3) is 4.42. The fourth-order valence-electron chi connectivity index (χ4n) is 5.84. The molecule has 3 N–H and O–H groups in total. The lowest BCUT2D eigenvalue weighted by Crippen LogP contribution is -2.59. The van der Waals surface area contributed by atoms with Gasteiger partial charge in [-0.05, 0) is 48.4 Å². The second kappa shape index (κ2) is 10.00. The molecular weight excluding hydrogens is 517 g/mol. The molecule has 7 rings (SSSR count). The molecule has 3 aliphatic heterocycles. The lowest BCUT2D eigenvalue weighted by atomic mass is 9.61. The summed E-state index contributed by atoms with van der Waals surface area (Å²) in [5, 5.41) is 12.7.